The first-order valence-electron chi connectivity index (χ1n) is 7.92. The van der Waals surface area contributed by atoms with Crippen molar-refractivity contribution in [1.29, 1.82) is 0 Å². The molecule has 8 heteroatoms. The van der Waals surface area contributed by atoms with Gasteiger partial charge in [0.1, 0.15) is 5.82 Å². The number of halogens is 2. The predicted octanol–water partition coefficient (Wildman–Crippen LogP) is 2.80. The first-order valence-corrected chi connectivity index (χ1v) is 8.72. The van der Waals surface area contributed by atoms with Gasteiger partial charge in [0.2, 0.25) is 0 Å². The van der Waals surface area contributed by atoms with Crippen molar-refractivity contribution in [2.24, 2.45) is 5.92 Å². The monoisotopic (exact) mass is 395 g/mol. The fraction of sp³-hybridized carbons (Fsp3) is 0.438. The molecule has 1 unspecified atom stereocenters. The summed E-state index contributed by atoms with van der Waals surface area (Å²) in [6.07, 6.45) is 5.53. The van der Waals surface area contributed by atoms with E-state index in [4.69, 9.17) is 0 Å². The van der Waals surface area contributed by atoms with Crippen LogP contribution in [0, 0.1) is 11.7 Å². The molecule has 1 aromatic carbocycles. The third kappa shape index (κ3) is 4.31. The molecule has 2 aromatic rings. The number of carbonyl (C=O) groups is 1. The van der Waals surface area contributed by atoms with Crippen LogP contribution >= 0.6 is 15.9 Å². The Morgan fingerprint density at radius 3 is 3.12 bits per heavy atom. The summed E-state index contributed by atoms with van der Waals surface area (Å²) in [4.78, 5) is 14.2. The van der Waals surface area contributed by atoms with Gasteiger partial charge in [-0.05, 0) is 42.5 Å². The van der Waals surface area contributed by atoms with E-state index in [1.807, 2.05) is 11.1 Å². The van der Waals surface area contributed by atoms with Gasteiger partial charge in [0.05, 0.1) is 6.20 Å². The van der Waals surface area contributed by atoms with E-state index in [1.165, 1.54) is 12.1 Å². The maximum absolute atomic E-state index is 13.3. The number of aromatic nitrogens is 3. The van der Waals surface area contributed by atoms with Gasteiger partial charge in [0.25, 0.3) is 0 Å². The highest BCUT2D eigenvalue weighted by molar-refractivity contribution is 9.10. The minimum atomic E-state index is -0.312. The van der Waals surface area contributed by atoms with Gasteiger partial charge < -0.3 is 10.2 Å². The number of urea groups is 1. The molecule has 6 nitrogen and oxygen atoms in total. The number of benzene rings is 1. The van der Waals surface area contributed by atoms with Gasteiger partial charge in [-0.1, -0.05) is 21.1 Å². The summed E-state index contributed by atoms with van der Waals surface area (Å²) in [6, 6.07) is 4.34. The molecule has 1 atom stereocenters. The second kappa shape index (κ2) is 7.74. The molecular formula is C16H19BrFN5O. The standard InChI is InChI=1S/C16H19BrFN5O/c17-15-4-3-14(18)8-13(15)9-19-16(24)22-6-1-2-12(10-22)11-23-7-5-20-21-23/h3-5,7-8,12H,1-2,6,9-11H2,(H,19,24). The summed E-state index contributed by atoms with van der Waals surface area (Å²) in [5.74, 6) is 0.0559. The van der Waals surface area contributed by atoms with E-state index < -0.39 is 0 Å². The summed E-state index contributed by atoms with van der Waals surface area (Å²) >= 11 is 3.37. The van der Waals surface area contributed by atoms with Crippen LogP contribution in [0.4, 0.5) is 9.18 Å². The largest absolute Gasteiger partial charge is 0.334 e. The molecule has 2 amide bonds. The topological polar surface area (TPSA) is 63.1 Å². The molecule has 3 rings (SSSR count). The highest BCUT2D eigenvalue weighted by Crippen LogP contribution is 2.19. The van der Waals surface area contributed by atoms with Crippen molar-refractivity contribution in [3.05, 3.63) is 46.4 Å². The molecule has 0 spiro atoms. The zero-order valence-electron chi connectivity index (χ0n) is 13.2. The molecule has 0 aliphatic carbocycles. The van der Waals surface area contributed by atoms with Crippen LogP contribution in [-0.4, -0.2) is 39.0 Å². The smallest absolute Gasteiger partial charge is 0.317 e. The molecule has 0 radical (unpaired) electrons. The van der Waals surface area contributed by atoms with Gasteiger partial charge in [-0.2, -0.15) is 0 Å². The van der Waals surface area contributed by atoms with Gasteiger partial charge in [0.15, 0.2) is 0 Å². The third-order valence-corrected chi connectivity index (χ3v) is 4.93. The van der Waals surface area contributed by atoms with E-state index >= 15 is 0 Å². The molecule has 1 N–H and O–H groups in total. The minimum Gasteiger partial charge on any atom is -0.334 e. The van der Waals surface area contributed by atoms with Crippen molar-refractivity contribution in [2.75, 3.05) is 13.1 Å². The fourth-order valence-corrected chi connectivity index (χ4v) is 3.34. The zero-order chi connectivity index (χ0) is 16.9. The van der Waals surface area contributed by atoms with Crippen LogP contribution in [0.3, 0.4) is 0 Å². The van der Waals surface area contributed by atoms with Crippen molar-refractivity contribution < 1.29 is 9.18 Å². The van der Waals surface area contributed by atoms with E-state index in [0.717, 1.165) is 36.0 Å². The summed E-state index contributed by atoms with van der Waals surface area (Å²) < 4.78 is 15.9. The molecule has 1 aromatic heterocycles. The lowest BCUT2D eigenvalue weighted by Gasteiger charge is -2.32. The minimum absolute atomic E-state index is 0.116. The Bertz CT molecular complexity index is 694. The average Bonchev–Trinajstić information content (AvgIpc) is 3.08. The van der Waals surface area contributed by atoms with Gasteiger partial charge in [0, 0.05) is 36.8 Å². The van der Waals surface area contributed by atoms with Gasteiger partial charge in [-0.25, -0.2) is 9.18 Å². The maximum atomic E-state index is 13.3. The van der Waals surface area contributed by atoms with Crippen molar-refractivity contribution in [3.8, 4) is 0 Å². The number of nitrogens with zero attached hydrogens (tertiary/aromatic N) is 4. The molecule has 0 bridgehead atoms. The third-order valence-electron chi connectivity index (χ3n) is 4.16. The number of hydrogen-bond acceptors (Lipinski definition) is 3. The highest BCUT2D eigenvalue weighted by atomic mass is 79.9. The lowest BCUT2D eigenvalue weighted by atomic mass is 9.98. The first kappa shape index (κ1) is 16.9. The summed E-state index contributed by atoms with van der Waals surface area (Å²) in [5, 5.41) is 10.7. The molecule has 128 valence electrons. The quantitative estimate of drug-likeness (QED) is 0.865. The molecule has 1 saturated heterocycles. The molecule has 0 saturated carbocycles. The second-order valence-corrected chi connectivity index (χ2v) is 6.83. The van der Waals surface area contributed by atoms with E-state index in [1.54, 1.807) is 16.9 Å². The number of carbonyl (C=O) groups excluding carboxylic acids is 1. The molecular weight excluding hydrogens is 377 g/mol. The summed E-state index contributed by atoms with van der Waals surface area (Å²) in [5.41, 5.74) is 0.722. The Hall–Kier alpha value is -1.96. The Balaban J connectivity index is 1.53. The van der Waals surface area contributed by atoms with Crippen molar-refractivity contribution in [2.45, 2.75) is 25.9 Å². The summed E-state index contributed by atoms with van der Waals surface area (Å²) in [7, 11) is 0. The van der Waals surface area contributed by atoms with Crippen LogP contribution in [-0.2, 0) is 13.1 Å². The number of amides is 2. The van der Waals surface area contributed by atoms with Crippen LogP contribution in [0.5, 0.6) is 0 Å². The second-order valence-electron chi connectivity index (χ2n) is 5.97. The molecule has 1 fully saturated rings. The van der Waals surface area contributed by atoms with E-state index in [9.17, 15) is 9.18 Å². The molecule has 24 heavy (non-hydrogen) atoms. The van der Waals surface area contributed by atoms with E-state index in [2.05, 4.69) is 31.6 Å². The number of hydrogen-bond donors (Lipinski definition) is 1. The normalized spacial score (nSPS) is 17.8. The van der Waals surface area contributed by atoms with Crippen molar-refractivity contribution in [1.82, 2.24) is 25.2 Å². The van der Waals surface area contributed by atoms with Crippen LogP contribution in [0.1, 0.15) is 18.4 Å². The van der Waals surface area contributed by atoms with Gasteiger partial charge in [-0.15, -0.1) is 5.10 Å². The fourth-order valence-electron chi connectivity index (χ4n) is 2.95. The van der Waals surface area contributed by atoms with Gasteiger partial charge in [-0.3, -0.25) is 4.68 Å². The lowest BCUT2D eigenvalue weighted by molar-refractivity contribution is 0.157. The zero-order valence-corrected chi connectivity index (χ0v) is 14.7. The van der Waals surface area contributed by atoms with E-state index in [0.29, 0.717) is 19.0 Å². The van der Waals surface area contributed by atoms with Crippen LogP contribution in [0.2, 0.25) is 0 Å². The van der Waals surface area contributed by atoms with Crippen molar-refractivity contribution >= 4 is 22.0 Å². The number of rotatable bonds is 4. The Morgan fingerprint density at radius 2 is 2.33 bits per heavy atom. The number of piperidine rings is 1. The van der Waals surface area contributed by atoms with Crippen LogP contribution in [0.25, 0.3) is 0 Å². The number of likely N-dealkylation sites (tertiary alicyclic amines) is 1. The van der Waals surface area contributed by atoms with Crippen molar-refractivity contribution in [3.63, 3.8) is 0 Å². The molecule has 2 heterocycles. The summed E-state index contributed by atoms with van der Waals surface area (Å²) in [6.45, 7) is 2.49. The highest BCUT2D eigenvalue weighted by Gasteiger charge is 2.24. The van der Waals surface area contributed by atoms with Crippen LogP contribution < -0.4 is 5.32 Å². The average molecular weight is 396 g/mol. The molecule has 1 aliphatic rings. The maximum Gasteiger partial charge on any atom is 0.317 e. The van der Waals surface area contributed by atoms with Crippen LogP contribution in [0.15, 0.2) is 35.1 Å². The van der Waals surface area contributed by atoms with E-state index in [-0.39, 0.29) is 11.8 Å². The Kier molecular flexibility index (Phi) is 5.44. The SMILES string of the molecule is O=C(NCc1cc(F)ccc1Br)N1CCCC(Cn2ccnn2)C1. The Morgan fingerprint density at radius 1 is 1.46 bits per heavy atom. The van der Waals surface area contributed by atoms with Gasteiger partial charge >= 0.3 is 6.03 Å². The Labute approximate surface area is 148 Å². The molecule has 1 aliphatic heterocycles. The predicted molar refractivity (Wildman–Crippen MR) is 90.7 cm³/mol. The number of nitrogens with one attached hydrogen (secondary N) is 1. The first-order chi connectivity index (χ1) is 11.6. The lowest BCUT2D eigenvalue weighted by Crippen LogP contribution is -2.46.